The van der Waals surface area contributed by atoms with Gasteiger partial charge in [0.1, 0.15) is 0 Å². The number of carbonyl (C=O) groups excluding carboxylic acids is 2. The Morgan fingerprint density at radius 1 is 1.29 bits per heavy atom. The van der Waals surface area contributed by atoms with Gasteiger partial charge in [-0.25, -0.2) is 4.79 Å². The highest BCUT2D eigenvalue weighted by molar-refractivity contribution is 6.05. The molecule has 1 aliphatic heterocycles. The minimum absolute atomic E-state index is 0.438. The third kappa shape index (κ3) is 2.74. The molecule has 3 rings (SSSR count). The first-order chi connectivity index (χ1) is 10.1. The molecule has 3 amide bonds. The fraction of sp³-hybridized carbons (Fsp3) is 0.143. The lowest BCUT2D eigenvalue weighted by molar-refractivity contribution is -0.119. The van der Waals surface area contributed by atoms with E-state index < -0.39 is 18.0 Å². The maximum atomic E-state index is 11.3. The Bertz CT molecular complexity index is 767. The quantitative estimate of drug-likeness (QED) is 0.570. The number of nitrogens with zero attached hydrogens (tertiary/aromatic N) is 3. The van der Waals surface area contributed by atoms with Crippen molar-refractivity contribution in [2.24, 2.45) is 7.05 Å². The van der Waals surface area contributed by atoms with Crippen LogP contribution in [0.15, 0.2) is 30.7 Å². The van der Waals surface area contributed by atoms with Gasteiger partial charge in [0.25, 0.3) is 5.91 Å². The second-order valence-electron chi connectivity index (χ2n) is 4.50. The SMILES string of the molecule is Cn1cc(-c2ccc(C#CC3NC(=O)NC3=O)cn2)cn1. The topological polar surface area (TPSA) is 88.9 Å². The summed E-state index contributed by atoms with van der Waals surface area (Å²) in [6, 6.07) is 2.30. The van der Waals surface area contributed by atoms with Gasteiger partial charge in [0.15, 0.2) is 6.04 Å². The second-order valence-corrected chi connectivity index (χ2v) is 4.50. The van der Waals surface area contributed by atoms with E-state index in [1.54, 1.807) is 23.1 Å². The first kappa shape index (κ1) is 12.9. The summed E-state index contributed by atoms with van der Waals surface area (Å²) in [5, 5.41) is 8.61. The Kier molecular flexibility index (Phi) is 3.12. The van der Waals surface area contributed by atoms with Crippen molar-refractivity contribution in [3.8, 4) is 23.1 Å². The molecule has 7 nitrogen and oxygen atoms in total. The molecule has 104 valence electrons. The van der Waals surface area contributed by atoms with E-state index in [0.29, 0.717) is 5.56 Å². The Balaban J connectivity index is 1.76. The number of pyridine rings is 1. The summed E-state index contributed by atoms with van der Waals surface area (Å²) in [5.74, 6) is 5.07. The van der Waals surface area contributed by atoms with Crippen LogP contribution < -0.4 is 10.6 Å². The first-order valence-electron chi connectivity index (χ1n) is 6.20. The molecule has 7 heteroatoms. The fourth-order valence-corrected chi connectivity index (χ4v) is 1.87. The van der Waals surface area contributed by atoms with Crippen LogP contribution in [0.2, 0.25) is 0 Å². The summed E-state index contributed by atoms with van der Waals surface area (Å²) in [7, 11) is 1.84. The highest BCUT2D eigenvalue weighted by atomic mass is 16.2. The predicted molar refractivity (Wildman–Crippen MR) is 73.8 cm³/mol. The molecule has 2 aromatic heterocycles. The summed E-state index contributed by atoms with van der Waals surface area (Å²) in [6.07, 6.45) is 5.21. The maximum Gasteiger partial charge on any atom is 0.322 e. The summed E-state index contributed by atoms with van der Waals surface area (Å²) in [4.78, 5) is 26.6. The number of hydrogen-bond donors (Lipinski definition) is 2. The molecule has 0 aliphatic carbocycles. The normalized spacial score (nSPS) is 16.9. The summed E-state index contributed by atoms with van der Waals surface area (Å²) in [6.45, 7) is 0. The van der Waals surface area contributed by atoms with Crippen LogP contribution >= 0.6 is 0 Å². The minimum atomic E-state index is -0.810. The third-order valence-electron chi connectivity index (χ3n) is 2.90. The molecule has 3 heterocycles. The zero-order valence-electron chi connectivity index (χ0n) is 11.1. The van der Waals surface area contributed by atoms with Crippen molar-refractivity contribution in [3.05, 3.63) is 36.3 Å². The van der Waals surface area contributed by atoms with E-state index in [9.17, 15) is 9.59 Å². The highest BCUT2D eigenvalue weighted by Gasteiger charge is 2.27. The number of imide groups is 1. The van der Waals surface area contributed by atoms with Gasteiger partial charge in [-0.2, -0.15) is 5.10 Å². The number of aryl methyl sites for hydroxylation is 1. The van der Waals surface area contributed by atoms with Crippen LogP contribution in [-0.2, 0) is 11.8 Å². The maximum absolute atomic E-state index is 11.3. The van der Waals surface area contributed by atoms with Gasteiger partial charge in [-0.1, -0.05) is 11.8 Å². The molecule has 0 spiro atoms. The summed E-state index contributed by atoms with van der Waals surface area (Å²) in [5.41, 5.74) is 2.37. The van der Waals surface area contributed by atoms with Crippen molar-refractivity contribution < 1.29 is 9.59 Å². The van der Waals surface area contributed by atoms with Crippen molar-refractivity contribution in [3.63, 3.8) is 0 Å². The van der Waals surface area contributed by atoms with Crippen LogP contribution in [0.1, 0.15) is 5.56 Å². The number of urea groups is 1. The Morgan fingerprint density at radius 2 is 2.14 bits per heavy atom. The van der Waals surface area contributed by atoms with Crippen molar-refractivity contribution in [1.29, 1.82) is 0 Å². The number of carbonyl (C=O) groups is 2. The van der Waals surface area contributed by atoms with Gasteiger partial charge in [0, 0.05) is 30.6 Å². The van der Waals surface area contributed by atoms with E-state index >= 15 is 0 Å². The van der Waals surface area contributed by atoms with E-state index in [4.69, 9.17) is 0 Å². The number of aromatic nitrogens is 3. The molecule has 1 aliphatic rings. The number of hydrogen-bond acceptors (Lipinski definition) is 4. The van der Waals surface area contributed by atoms with Crippen molar-refractivity contribution >= 4 is 11.9 Å². The van der Waals surface area contributed by atoms with Gasteiger partial charge in [-0.05, 0) is 12.1 Å². The smallest absolute Gasteiger partial charge is 0.316 e. The standard InChI is InChI=1S/C14H11N5O2/c1-19-8-10(7-16-19)11-4-2-9(6-15-11)3-5-12-13(20)18-14(21)17-12/h2,4,6-8,12H,1H3,(H2,17,18,20,21). The second kappa shape index (κ2) is 5.09. The molecule has 1 fully saturated rings. The molecule has 0 bridgehead atoms. The Hall–Kier alpha value is -3.14. The minimum Gasteiger partial charge on any atom is -0.316 e. The van der Waals surface area contributed by atoms with E-state index in [-0.39, 0.29) is 0 Å². The summed E-state index contributed by atoms with van der Waals surface area (Å²) < 4.78 is 1.70. The summed E-state index contributed by atoms with van der Waals surface area (Å²) >= 11 is 0. The van der Waals surface area contributed by atoms with Gasteiger partial charge in [0.05, 0.1) is 11.9 Å². The lowest BCUT2D eigenvalue weighted by Crippen LogP contribution is -2.26. The molecule has 0 radical (unpaired) electrons. The largest absolute Gasteiger partial charge is 0.322 e. The molecular formula is C14H11N5O2. The van der Waals surface area contributed by atoms with Crippen molar-refractivity contribution in [2.75, 3.05) is 0 Å². The fourth-order valence-electron chi connectivity index (χ4n) is 1.87. The van der Waals surface area contributed by atoms with E-state index in [0.717, 1.165) is 11.3 Å². The number of amides is 3. The lowest BCUT2D eigenvalue weighted by atomic mass is 10.2. The van der Waals surface area contributed by atoms with Crippen LogP contribution in [0.25, 0.3) is 11.3 Å². The van der Waals surface area contributed by atoms with Crippen LogP contribution in [0.5, 0.6) is 0 Å². The molecule has 1 unspecified atom stereocenters. The number of nitrogens with one attached hydrogen (secondary N) is 2. The monoisotopic (exact) mass is 281 g/mol. The van der Waals surface area contributed by atoms with Gasteiger partial charge >= 0.3 is 6.03 Å². The lowest BCUT2D eigenvalue weighted by Gasteiger charge is -1.97. The molecule has 2 aromatic rings. The average Bonchev–Trinajstić information content (AvgIpc) is 3.03. The molecule has 0 saturated carbocycles. The highest BCUT2D eigenvalue weighted by Crippen LogP contribution is 2.15. The number of rotatable bonds is 1. The molecule has 1 atom stereocenters. The molecular weight excluding hydrogens is 270 g/mol. The van der Waals surface area contributed by atoms with Crippen LogP contribution in [0.3, 0.4) is 0 Å². The van der Waals surface area contributed by atoms with E-state index in [1.807, 2.05) is 19.3 Å². The van der Waals surface area contributed by atoms with Gasteiger partial charge in [0.2, 0.25) is 0 Å². The van der Waals surface area contributed by atoms with E-state index in [1.165, 1.54) is 0 Å². The van der Waals surface area contributed by atoms with Crippen molar-refractivity contribution in [1.82, 2.24) is 25.4 Å². The van der Waals surface area contributed by atoms with Gasteiger partial charge in [-0.15, -0.1) is 0 Å². The Labute approximate surface area is 120 Å². The zero-order valence-corrected chi connectivity index (χ0v) is 11.1. The molecule has 21 heavy (non-hydrogen) atoms. The average molecular weight is 281 g/mol. The predicted octanol–water partition coefficient (Wildman–Crippen LogP) is 0.0416. The zero-order chi connectivity index (χ0) is 14.8. The van der Waals surface area contributed by atoms with Crippen LogP contribution in [0.4, 0.5) is 4.79 Å². The van der Waals surface area contributed by atoms with Gasteiger partial charge in [-0.3, -0.25) is 19.8 Å². The van der Waals surface area contributed by atoms with Crippen LogP contribution in [0, 0.1) is 11.8 Å². The van der Waals surface area contributed by atoms with Crippen molar-refractivity contribution in [2.45, 2.75) is 6.04 Å². The first-order valence-corrected chi connectivity index (χ1v) is 6.20. The molecule has 2 N–H and O–H groups in total. The van der Waals surface area contributed by atoms with E-state index in [2.05, 4.69) is 32.6 Å². The molecule has 0 aromatic carbocycles. The van der Waals surface area contributed by atoms with Crippen LogP contribution in [-0.4, -0.2) is 32.7 Å². The third-order valence-corrected chi connectivity index (χ3v) is 2.90. The Morgan fingerprint density at radius 3 is 2.71 bits per heavy atom. The van der Waals surface area contributed by atoms with Gasteiger partial charge < -0.3 is 5.32 Å². The molecule has 1 saturated heterocycles.